The lowest BCUT2D eigenvalue weighted by atomic mass is 10.1. The molecule has 7 nitrogen and oxygen atoms in total. The second kappa shape index (κ2) is 9.30. The molecule has 4 rings (SSSR count). The van der Waals surface area contributed by atoms with Crippen molar-refractivity contribution in [3.8, 4) is 11.5 Å². The Morgan fingerprint density at radius 1 is 0.938 bits per heavy atom. The normalized spacial score (nSPS) is 10.7. The van der Waals surface area contributed by atoms with Crippen LogP contribution in [0.3, 0.4) is 0 Å². The zero-order chi connectivity index (χ0) is 22.5. The molecule has 0 aliphatic carbocycles. The van der Waals surface area contributed by atoms with Crippen LogP contribution in [-0.4, -0.2) is 23.0 Å². The van der Waals surface area contributed by atoms with Crippen LogP contribution in [0.15, 0.2) is 71.7 Å². The molecule has 0 bridgehead atoms. The molecule has 0 unspecified atom stereocenters. The number of guanidine groups is 1. The third-order valence-electron chi connectivity index (χ3n) is 4.75. The van der Waals surface area contributed by atoms with Crippen LogP contribution in [0, 0.1) is 5.82 Å². The highest BCUT2D eigenvalue weighted by atomic mass is 19.1. The molecule has 162 valence electrons. The van der Waals surface area contributed by atoms with Gasteiger partial charge in [-0.1, -0.05) is 36.4 Å². The first-order valence-electron chi connectivity index (χ1n) is 9.91. The zero-order valence-corrected chi connectivity index (χ0v) is 17.5. The lowest BCUT2D eigenvalue weighted by Crippen LogP contribution is -2.22. The van der Waals surface area contributed by atoms with Crippen LogP contribution in [0.5, 0.6) is 11.5 Å². The molecule has 8 heteroatoms. The summed E-state index contributed by atoms with van der Waals surface area (Å²) in [6.07, 6.45) is 0.370. The summed E-state index contributed by atoms with van der Waals surface area (Å²) >= 11 is 0. The van der Waals surface area contributed by atoms with Gasteiger partial charge in [0.05, 0.1) is 12.6 Å². The highest BCUT2D eigenvalue weighted by Gasteiger charge is 2.12. The molecule has 0 amide bonds. The number of nitrogens with zero attached hydrogens (tertiary/aromatic N) is 3. The van der Waals surface area contributed by atoms with Gasteiger partial charge in [-0.25, -0.2) is 14.4 Å². The van der Waals surface area contributed by atoms with E-state index in [-0.39, 0.29) is 5.96 Å². The van der Waals surface area contributed by atoms with Crippen molar-refractivity contribution in [2.45, 2.75) is 13.0 Å². The SMILES string of the molecule is COc1cc(Cc2nc(N=C(N)N)c3ccc(F)cc3n2)ccc1OCc1ccccc1. The number of hydrogen-bond acceptors (Lipinski definition) is 5. The number of nitrogens with two attached hydrogens (primary N) is 2. The maximum absolute atomic E-state index is 13.8. The molecule has 32 heavy (non-hydrogen) atoms. The lowest BCUT2D eigenvalue weighted by molar-refractivity contribution is 0.284. The Morgan fingerprint density at radius 2 is 1.75 bits per heavy atom. The number of benzene rings is 3. The number of halogens is 1. The molecule has 3 aromatic carbocycles. The molecule has 0 spiro atoms. The Labute approximate surface area is 184 Å². The molecule has 0 fully saturated rings. The quantitative estimate of drug-likeness (QED) is 0.340. The summed E-state index contributed by atoms with van der Waals surface area (Å²) in [6.45, 7) is 0.428. The second-order valence-electron chi connectivity index (χ2n) is 7.10. The molecule has 4 N–H and O–H groups in total. The number of methoxy groups -OCH3 is 1. The molecule has 0 aliphatic rings. The smallest absolute Gasteiger partial charge is 0.192 e. The summed E-state index contributed by atoms with van der Waals surface area (Å²) in [6, 6.07) is 19.7. The van der Waals surface area contributed by atoms with Crippen LogP contribution in [0.2, 0.25) is 0 Å². The van der Waals surface area contributed by atoms with Gasteiger partial charge < -0.3 is 20.9 Å². The van der Waals surface area contributed by atoms with Gasteiger partial charge in [0, 0.05) is 17.9 Å². The maximum Gasteiger partial charge on any atom is 0.192 e. The summed E-state index contributed by atoms with van der Waals surface area (Å²) in [5.41, 5.74) is 13.4. The van der Waals surface area contributed by atoms with Gasteiger partial charge in [-0.15, -0.1) is 0 Å². The summed E-state index contributed by atoms with van der Waals surface area (Å²) in [4.78, 5) is 13.0. The average molecular weight is 431 g/mol. The van der Waals surface area contributed by atoms with Gasteiger partial charge in [-0.05, 0) is 35.4 Å². The van der Waals surface area contributed by atoms with Crippen molar-refractivity contribution in [2.75, 3.05) is 7.11 Å². The van der Waals surface area contributed by atoms with Gasteiger partial charge in [-0.2, -0.15) is 4.99 Å². The van der Waals surface area contributed by atoms with Crippen LogP contribution in [0.1, 0.15) is 17.0 Å². The van der Waals surface area contributed by atoms with E-state index in [4.69, 9.17) is 20.9 Å². The molecule has 0 radical (unpaired) electrons. The van der Waals surface area contributed by atoms with Gasteiger partial charge in [0.15, 0.2) is 23.3 Å². The van der Waals surface area contributed by atoms with Crippen LogP contribution in [-0.2, 0) is 13.0 Å². The van der Waals surface area contributed by atoms with Crippen molar-refractivity contribution in [3.05, 3.63) is 89.5 Å². The van der Waals surface area contributed by atoms with Crippen molar-refractivity contribution >= 4 is 22.7 Å². The van der Waals surface area contributed by atoms with Crippen LogP contribution in [0.4, 0.5) is 10.2 Å². The summed E-state index contributed by atoms with van der Waals surface area (Å²) in [5, 5.41) is 0.561. The fourth-order valence-electron chi connectivity index (χ4n) is 3.28. The van der Waals surface area contributed by atoms with Crippen LogP contribution >= 0.6 is 0 Å². The molecule has 0 saturated carbocycles. The molecule has 0 saturated heterocycles. The largest absolute Gasteiger partial charge is 0.493 e. The van der Waals surface area contributed by atoms with Gasteiger partial charge in [0.25, 0.3) is 0 Å². The van der Waals surface area contributed by atoms with E-state index < -0.39 is 5.82 Å². The minimum atomic E-state index is -0.403. The van der Waals surface area contributed by atoms with E-state index >= 15 is 0 Å². The Morgan fingerprint density at radius 3 is 2.50 bits per heavy atom. The lowest BCUT2D eigenvalue weighted by Gasteiger charge is -2.12. The standard InChI is InChI=1S/C24H22FN5O2/c1-31-21-11-16(7-10-20(21)32-14-15-5-3-2-4-6-15)12-22-28-19-13-17(25)8-9-18(19)23(29-22)30-24(26)27/h2-11,13H,12,14H2,1H3,(H4,26,27,28,29,30). The maximum atomic E-state index is 13.8. The summed E-state index contributed by atoms with van der Waals surface area (Å²) < 4.78 is 25.2. The highest BCUT2D eigenvalue weighted by molar-refractivity contribution is 5.91. The minimum absolute atomic E-state index is 0.137. The number of rotatable bonds is 7. The molecule has 1 heterocycles. The number of fused-ring (bicyclic) bond motifs is 1. The fourth-order valence-corrected chi connectivity index (χ4v) is 3.28. The fraction of sp³-hybridized carbons (Fsp3) is 0.125. The Hall–Kier alpha value is -4.20. The third-order valence-corrected chi connectivity index (χ3v) is 4.75. The van der Waals surface area contributed by atoms with Gasteiger partial charge in [0.1, 0.15) is 18.2 Å². The first-order valence-corrected chi connectivity index (χ1v) is 9.91. The van der Waals surface area contributed by atoms with Crippen molar-refractivity contribution < 1.29 is 13.9 Å². The Bertz CT molecular complexity index is 1270. The van der Waals surface area contributed by atoms with E-state index in [1.807, 2.05) is 48.5 Å². The summed E-state index contributed by atoms with van der Waals surface area (Å²) in [5.74, 6) is 1.42. The predicted molar refractivity (Wildman–Crippen MR) is 122 cm³/mol. The van der Waals surface area contributed by atoms with Gasteiger partial charge in [-0.3, -0.25) is 0 Å². The van der Waals surface area contributed by atoms with E-state index in [1.54, 1.807) is 13.2 Å². The Kier molecular flexibility index (Phi) is 6.12. The van der Waals surface area contributed by atoms with E-state index in [1.165, 1.54) is 12.1 Å². The first kappa shape index (κ1) is 21.0. The van der Waals surface area contributed by atoms with Crippen molar-refractivity contribution in [1.29, 1.82) is 0 Å². The molecular formula is C24H22FN5O2. The third kappa shape index (κ3) is 4.92. The van der Waals surface area contributed by atoms with Crippen molar-refractivity contribution in [2.24, 2.45) is 16.5 Å². The number of aromatic nitrogens is 2. The molecular weight excluding hydrogens is 409 g/mol. The van der Waals surface area contributed by atoms with Crippen molar-refractivity contribution in [1.82, 2.24) is 9.97 Å². The topological polar surface area (TPSA) is 109 Å². The van der Waals surface area contributed by atoms with Gasteiger partial charge in [0.2, 0.25) is 0 Å². The van der Waals surface area contributed by atoms with Crippen LogP contribution in [0.25, 0.3) is 10.9 Å². The second-order valence-corrected chi connectivity index (χ2v) is 7.10. The highest BCUT2D eigenvalue weighted by Crippen LogP contribution is 2.30. The molecule has 1 aromatic heterocycles. The molecule has 4 aromatic rings. The van der Waals surface area contributed by atoms with Gasteiger partial charge >= 0.3 is 0 Å². The zero-order valence-electron chi connectivity index (χ0n) is 17.5. The first-order chi connectivity index (χ1) is 15.5. The van der Waals surface area contributed by atoms with Crippen molar-refractivity contribution in [3.63, 3.8) is 0 Å². The van der Waals surface area contributed by atoms with E-state index in [2.05, 4.69) is 15.0 Å². The van der Waals surface area contributed by atoms with E-state index in [9.17, 15) is 4.39 Å². The molecule has 0 aliphatic heterocycles. The monoisotopic (exact) mass is 431 g/mol. The minimum Gasteiger partial charge on any atom is -0.493 e. The summed E-state index contributed by atoms with van der Waals surface area (Å²) in [7, 11) is 1.58. The molecule has 0 atom stereocenters. The predicted octanol–water partition coefficient (Wildman–Crippen LogP) is 3.85. The van der Waals surface area contributed by atoms with E-state index in [0.29, 0.717) is 47.1 Å². The number of aliphatic imine (C=N–C) groups is 1. The van der Waals surface area contributed by atoms with Crippen LogP contribution < -0.4 is 20.9 Å². The number of hydrogen-bond donors (Lipinski definition) is 2. The number of ether oxygens (including phenoxy) is 2. The average Bonchev–Trinajstić information content (AvgIpc) is 2.78. The Balaban J connectivity index is 1.61. The van der Waals surface area contributed by atoms with E-state index in [0.717, 1.165) is 11.1 Å².